The Morgan fingerprint density at radius 1 is 1.00 bits per heavy atom. The number of hydrogen-bond donors (Lipinski definition) is 0. The molecule has 0 aliphatic carbocycles. The van der Waals surface area contributed by atoms with E-state index in [1.54, 1.807) is 18.8 Å². The van der Waals surface area contributed by atoms with Crippen molar-refractivity contribution in [2.75, 3.05) is 38.9 Å². The molecule has 0 amide bonds. The third kappa shape index (κ3) is 4.47. The third-order valence-electron chi connectivity index (χ3n) is 5.59. The van der Waals surface area contributed by atoms with Gasteiger partial charge in [0.25, 0.3) is 5.56 Å². The number of anilines is 2. The first-order valence-electron chi connectivity index (χ1n) is 10.4. The molecule has 1 aliphatic rings. The van der Waals surface area contributed by atoms with Crippen LogP contribution in [0.4, 0.5) is 11.6 Å². The number of rotatable bonds is 7. The van der Waals surface area contributed by atoms with Gasteiger partial charge in [-0.3, -0.25) is 19.2 Å². The van der Waals surface area contributed by atoms with Crippen molar-refractivity contribution < 1.29 is 9.47 Å². The Hall–Kier alpha value is -3.16. The molecular formula is C24H28N4O3. The molecule has 162 valence electrons. The zero-order valence-electron chi connectivity index (χ0n) is 18.2. The molecule has 0 atom stereocenters. The van der Waals surface area contributed by atoms with Gasteiger partial charge in [-0.25, -0.2) is 4.98 Å². The SMILES string of the molecule is COCCN1CN(c2ccc(OC)cc2)c2nc(C)c(Cc3ccccc3)c(=O)n2C1. The number of aryl methyl sites for hydroxylation is 1. The van der Waals surface area contributed by atoms with E-state index in [1.807, 2.05) is 61.5 Å². The summed E-state index contributed by atoms with van der Waals surface area (Å²) in [6.45, 7) is 4.34. The van der Waals surface area contributed by atoms with Crippen LogP contribution in [0.3, 0.4) is 0 Å². The number of ether oxygens (including phenoxy) is 2. The molecule has 31 heavy (non-hydrogen) atoms. The highest BCUT2D eigenvalue weighted by Crippen LogP contribution is 2.29. The maximum absolute atomic E-state index is 13.6. The second-order valence-electron chi connectivity index (χ2n) is 7.67. The summed E-state index contributed by atoms with van der Waals surface area (Å²) in [4.78, 5) is 22.7. The smallest absolute Gasteiger partial charge is 0.259 e. The van der Waals surface area contributed by atoms with Crippen LogP contribution in [-0.2, 0) is 17.8 Å². The fourth-order valence-electron chi connectivity index (χ4n) is 3.85. The highest BCUT2D eigenvalue weighted by molar-refractivity contribution is 5.59. The van der Waals surface area contributed by atoms with Gasteiger partial charge in [0.2, 0.25) is 5.95 Å². The number of benzene rings is 2. The van der Waals surface area contributed by atoms with Crippen molar-refractivity contribution in [3.05, 3.63) is 81.8 Å². The molecule has 0 fully saturated rings. The standard InChI is InChI=1S/C24H28N4O3/c1-18-22(15-19-7-5-4-6-8-19)23(29)28-17-26(13-14-30-2)16-27(24(28)25-18)20-9-11-21(31-3)12-10-20/h4-12H,13-17H2,1-3H3. The molecule has 0 unspecified atom stereocenters. The highest BCUT2D eigenvalue weighted by atomic mass is 16.5. The molecule has 3 aromatic rings. The second kappa shape index (κ2) is 9.32. The number of aromatic nitrogens is 2. The van der Waals surface area contributed by atoms with Gasteiger partial charge in [0.1, 0.15) is 5.75 Å². The number of nitrogens with zero attached hydrogens (tertiary/aromatic N) is 4. The molecule has 7 heteroatoms. The van der Waals surface area contributed by atoms with Crippen molar-refractivity contribution in [3.8, 4) is 5.75 Å². The lowest BCUT2D eigenvalue weighted by molar-refractivity contribution is 0.121. The van der Waals surface area contributed by atoms with E-state index in [9.17, 15) is 4.79 Å². The van der Waals surface area contributed by atoms with Crippen LogP contribution < -0.4 is 15.2 Å². The maximum atomic E-state index is 13.6. The molecule has 1 aliphatic heterocycles. The zero-order chi connectivity index (χ0) is 21.8. The summed E-state index contributed by atoms with van der Waals surface area (Å²) in [5, 5.41) is 0. The Kier molecular flexibility index (Phi) is 6.34. The van der Waals surface area contributed by atoms with Crippen LogP contribution >= 0.6 is 0 Å². The Morgan fingerprint density at radius 2 is 1.74 bits per heavy atom. The van der Waals surface area contributed by atoms with Crippen molar-refractivity contribution >= 4 is 11.6 Å². The van der Waals surface area contributed by atoms with Crippen molar-refractivity contribution in [1.29, 1.82) is 0 Å². The lowest BCUT2D eigenvalue weighted by Crippen LogP contribution is -2.48. The van der Waals surface area contributed by atoms with Gasteiger partial charge in [0.15, 0.2) is 0 Å². The van der Waals surface area contributed by atoms with Gasteiger partial charge in [-0.1, -0.05) is 30.3 Å². The molecule has 0 bridgehead atoms. The van der Waals surface area contributed by atoms with Gasteiger partial charge in [-0.05, 0) is 36.8 Å². The summed E-state index contributed by atoms with van der Waals surface area (Å²) < 4.78 is 12.3. The van der Waals surface area contributed by atoms with Gasteiger partial charge in [0, 0.05) is 31.3 Å². The minimum absolute atomic E-state index is 0.00646. The molecule has 0 saturated carbocycles. The molecule has 1 aromatic heterocycles. The summed E-state index contributed by atoms with van der Waals surface area (Å²) in [7, 11) is 3.34. The monoisotopic (exact) mass is 420 g/mol. The minimum atomic E-state index is 0.00646. The lowest BCUT2D eigenvalue weighted by Gasteiger charge is -2.38. The number of methoxy groups -OCH3 is 2. The van der Waals surface area contributed by atoms with Gasteiger partial charge in [0.05, 0.1) is 32.7 Å². The zero-order valence-corrected chi connectivity index (χ0v) is 18.2. The second-order valence-corrected chi connectivity index (χ2v) is 7.67. The molecule has 2 heterocycles. The first-order valence-corrected chi connectivity index (χ1v) is 10.4. The predicted molar refractivity (Wildman–Crippen MR) is 121 cm³/mol. The maximum Gasteiger partial charge on any atom is 0.259 e. The van der Waals surface area contributed by atoms with Gasteiger partial charge in [-0.15, -0.1) is 0 Å². The summed E-state index contributed by atoms with van der Waals surface area (Å²) in [5.41, 5.74) is 3.57. The van der Waals surface area contributed by atoms with Crippen LogP contribution in [0.2, 0.25) is 0 Å². The molecule has 0 N–H and O–H groups in total. The first kappa shape index (κ1) is 21.1. The normalized spacial score (nSPS) is 13.8. The van der Waals surface area contributed by atoms with Crippen molar-refractivity contribution in [2.45, 2.75) is 20.0 Å². The molecule has 0 saturated heterocycles. The predicted octanol–water partition coefficient (Wildman–Crippen LogP) is 3.17. The summed E-state index contributed by atoms with van der Waals surface area (Å²) in [6, 6.07) is 17.9. The first-order chi connectivity index (χ1) is 15.1. The van der Waals surface area contributed by atoms with E-state index in [0.29, 0.717) is 32.3 Å². The van der Waals surface area contributed by atoms with E-state index in [-0.39, 0.29) is 5.56 Å². The number of fused-ring (bicyclic) bond motifs is 1. The molecule has 7 nitrogen and oxygen atoms in total. The van der Waals surface area contributed by atoms with Crippen LogP contribution in [-0.4, -0.2) is 48.5 Å². The van der Waals surface area contributed by atoms with Crippen LogP contribution in [0.5, 0.6) is 5.75 Å². The third-order valence-corrected chi connectivity index (χ3v) is 5.59. The lowest BCUT2D eigenvalue weighted by atomic mass is 10.1. The Balaban J connectivity index is 1.76. The average molecular weight is 421 g/mol. The van der Waals surface area contributed by atoms with Crippen LogP contribution in [0.15, 0.2) is 59.4 Å². The molecule has 4 rings (SSSR count). The van der Waals surface area contributed by atoms with Crippen molar-refractivity contribution in [2.24, 2.45) is 0 Å². The Labute approximate surface area is 182 Å². The van der Waals surface area contributed by atoms with E-state index in [1.165, 1.54) is 0 Å². The summed E-state index contributed by atoms with van der Waals surface area (Å²) in [6.07, 6.45) is 0.569. The van der Waals surface area contributed by atoms with Crippen LogP contribution in [0.25, 0.3) is 0 Å². The fraction of sp³-hybridized carbons (Fsp3) is 0.333. The van der Waals surface area contributed by atoms with E-state index in [2.05, 4.69) is 9.80 Å². The molecular weight excluding hydrogens is 392 g/mol. The van der Waals surface area contributed by atoms with E-state index < -0.39 is 0 Å². The van der Waals surface area contributed by atoms with Crippen molar-refractivity contribution in [3.63, 3.8) is 0 Å². The largest absolute Gasteiger partial charge is 0.497 e. The van der Waals surface area contributed by atoms with Gasteiger partial charge >= 0.3 is 0 Å². The quantitative estimate of drug-likeness (QED) is 0.585. The van der Waals surface area contributed by atoms with E-state index in [4.69, 9.17) is 14.5 Å². The number of hydrogen-bond acceptors (Lipinski definition) is 6. The summed E-state index contributed by atoms with van der Waals surface area (Å²) in [5.74, 6) is 1.45. The molecule has 0 spiro atoms. The van der Waals surface area contributed by atoms with Gasteiger partial charge < -0.3 is 9.47 Å². The summed E-state index contributed by atoms with van der Waals surface area (Å²) >= 11 is 0. The van der Waals surface area contributed by atoms with Crippen molar-refractivity contribution in [1.82, 2.24) is 14.5 Å². The van der Waals surface area contributed by atoms with Crippen LogP contribution in [0.1, 0.15) is 16.8 Å². The van der Waals surface area contributed by atoms with Crippen LogP contribution in [0, 0.1) is 6.92 Å². The Morgan fingerprint density at radius 3 is 2.42 bits per heavy atom. The minimum Gasteiger partial charge on any atom is -0.497 e. The van der Waals surface area contributed by atoms with Gasteiger partial charge in [-0.2, -0.15) is 0 Å². The highest BCUT2D eigenvalue weighted by Gasteiger charge is 2.27. The molecule has 0 radical (unpaired) electrons. The van der Waals surface area contributed by atoms with E-state index >= 15 is 0 Å². The average Bonchev–Trinajstić information content (AvgIpc) is 2.81. The van der Waals surface area contributed by atoms with E-state index in [0.717, 1.165) is 34.8 Å². The molecule has 2 aromatic carbocycles. The fourth-order valence-corrected chi connectivity index (χ4v) is 3.85. The Bertz CT molecular complexity index is 1080. The topological polar surface area (TPSA) is 59.8 Å².